The third kappa shape index (κ3) is 5.57. The summed E-state index contributed by atoms with van der Waals surface area (Å²) >= 11 is 0. The smallest absolute Gasteiger partial charge is 0.335 e. The number of aromatic hydroxyl groups is 2. The highest BCUT2D eigenvalue weighted by atomic mass is 16.7. The van der Waals surface area contributed by atoms with Crippen molar-refractivity contribution < 1.29 is 74.1 Å². The molecule has 3 heterocycles. The van der Waals surface area contributed by atoms with Gasteiger partial charge in [-0.25, -0.2) is 4.79 Å². The second kappa shape index (κ2) is 11.6. The van der Waals surface area contributed by atoms with Crippen molar-refractivity contribution in [1.82, 2.24) is 0 Å². The van der Waals surface area contributed by atoms with Crippen LogP contribution in [0.5, 0.6) is 23.0 Å². The van der Waals surface area contributed by atoms with Gasteiger partial charge in [-0.1, -0.05) is 0 Å². The SMILES string of the molecule is C[C@H]1O[C@H](Oc2c(-c3ccc(O)cc3)oc3cc(O[C@@H]4O[C@H](C(=O)O)[C@@H](O)[C@H](O)[C@H]4O)cc(O)c3c2=O)[C@@H](O)[C@@H](O)[C@@H]1O. The van der Waals surface area contributed by atoms with Crippen LogP contribution in [0.2, 0.25) is 0 Å². The summed E-state index contributed by atoms with van der Waals surface area (Å²) in [5, 5.41) is 90.2. The number of carboxylic acid groups (broad SMARTS) is 1. The van der Waals surface area contributed by atoms with Gasteiger partial charge in [0.2, 0.25) is 23.8 Å². The van der Waals surface area contributed by atoms with Gasteiger partial charge >= 0.3 is 5.97 Å². The van der Waals surface area contributed by atoms with Crippen LogP contribution in [0.3, 0.4) is 0 Å². The van der Waals surface area contributed by atoms with Crippen LogP contribution in [0, 0.1) is 0 Å². The molecule has 2 saturated heterocycles. The molecule has 0 bridgehead atoms. The Morgan fingerprint density at radius 3 is 2.02 bits per heavy atom. The molecule has 10 atom stereocenters. The molecule has 0 amide bonds. The maximum atomic E-state index is 13.7. The van der Waals surface area contributed by atoms with E-state index >= 15 is 0 Å². The van der Waals surface area contributed by atoms with Gasteiger partial charge in [-0.2, -0.15) is 0 Å². The summed E-state index contributed by atoms with van der Waals surface area (Å²) in [6, 6.07) is 7.25. The molecule has 1 aromatic heterocycles. The monoisotopic (exact) mass is 608 g/mol. The van der Waals surface area contributed by atoms with Crippen molar-refractivity contribution in [2.24, 2.45) is 0 Å². The third-order valence-electron chi connectivity index (χ3n) is 7.14. The number of hydrogen-bond donors (Lipinski definition) is 9. The van der Waals surface area contributed by atoms with Crippen LogP contribution in [0.25, 0.3) is 22.3 Å². The van der Waals surface area contributed by atoms with Gasteiger partial charge in [0.25, 0.3) is 0 Å². The minimum Gasteiger partial charge on any atom is -0.508 e. The normalized spacial score (nSPS) is 32.8. The maximum Gasteiger partial charge on any atom is 0.335 e. The van der Waals surface area contributed by atoms with Crippen LogP contribution in [-0.4, -0.2) is 113 Å². The number of carbonyl (C=O) groups is 1. The van der Waals surface area contributed by atoms with Crippen LogP contribution >= 0.6 is 0 Å². The molecule has 2 fully saturated rings. The zero-order chi connectivity index (χ0) is 31.3. The lowest BCUT2D eigenvalue weighted by Crippen LogP contribution is -2.61. The van der Waals surface area contributed by atoms with Crippen LogP contribution in [0.4, 0.5) is 0 Å². The fourth-order valence-electron chi connectivity index (χ4n) is 4.75. The van der Waals surface area contributed by atoms with Gasteiger partial charge in [-0.15, -0.1) is 0 Å². The molecule has 43 heavy (non-hydrogen) atoms. The number of carboxylic acids is 1. The largest absolute Gasteiger partial charge is 0.508 e. The highest BCUT2D eigenvalue weighted by Crippen LogP contribution is 2.38. The number of ether oxygens (including phenoxy) is 4. The van der Waals surface area contributed by atoms with E-state index in [9.17, 15) is 55.5 Å². The van der Waals surface area contributed by atoms with E-state index < -0.39 is 89.7 Å². The predicted molar refractivity (Wildman–Crippen MR) is 139 cm³/mol. The molecule has 5 rings (SSSR count). The summed E-state index contributed by atoms with van der Waals surface area (Å²) in [6.07, 6.45) is -17.3. The molecule has 0 saturated carbocycles. The van der Waals surface area contributed by atoms with E-state index in [1.807, 2.05) is 0 Å². The molecule has 0 radical (unpaired) electrons. The Morgan fingerprint density at radius 2 is 1.40 bits per heavy atom. The Kier molecular flexibility index (Phi) is 8.21. The Bertz CT molecular complexity index is 1550. The van der Waals surface area contributed by atoms with Crippen LogP contribution in [-0.2, 0) is 14.3 Å². The van der Waals surface area contributed by atoms with E-state index in [1.165, 1.54) is 31.2 Å². The lowest BCUT2D eigenvalue weighted by atomic mass is 9.99. The fraction of sp³-hybridized carbons (Fsp3) is 0.407. The Hall–Kier alpha value is -4.00. The summed E-state index contributed by atoms with van der Waals surface area (Å²) in [7, 11) is 0. The van der Waals surface area contributed by atoms with Crippen molar-refractivity contribution in [3.63, 3.8) is 0 Å². The first kappa shape index (κ1) is 30.5. The van der Waals surface area contributed by atoms with Crippen molar-refractivity contribution in [3.8, 4) is 34.3 Å². The predicted octanol–water partition coefficient (Wildman–Crippen LogP) is -1.65. The fourth-order valence-corrected chi connectivity index (χ4v) is 4.75. The molecule has 16 heteroatoms. The summed E-state index contributed by atoms with van der Waals surface area (Å²) in [6.45, 7) is 1.40. The van der Waals surface area contributed by atoms with Crippen LogP contribution in [0.1, 0.15) is 6.92 Å². The number of aliphatic carboxylic acids is 1. The summed E-state index contributed by atoms with van der Waals surface area (Å²) in [5.74, 6) is -3.68. The minimum atomic E-state index is -1.97. The standard InChI is InChI=1S/C27H28O16/c1-8-15(30)17(32)20(35)26(39-8)42-23-16(31)14-12(29)6-11(7-13(14)41-22(23)9-2-4-10(28)5-3-9)40-27-21(36)18(33)19(34)24(43-27)25(37)38/h2-8,15,17-21,24,26-30,32-36H,1H3,(H,37,38)/t8-,15-,17+,18+,19+,20+,21-,24+,26-,27-/m1/s1. The third-order valence-corrected chi connectivity index (χ3v) is 7.14. The highest BCUT2D eigenvalue weighted by Gasteiger charge is 2.48. The molecule has 0 unspecified atom stereocenters. The van der Waals surface area contributed by atoms with E-state index in [0.717, 1.165) is 12.1 Å². The number of aliphatic hydroxyl groups excluding tert-OH is 6. The molecule has 2 aliphatic heterocycles. The molecule has 3 aromatic rings. The Labute approximate surface area is 240 Å². The van der Waals surface area contributed by atoms with E-state index in [2.05, 4.69) is 0 Å². The van der Waals surface area contributed by atoms with Gasteiger partial charge in [0, 0.05) is 17.7 Å². The van der Waals surface area contributed by atoms with Crippen molar-refractivity contribution >= 4 is 16.9 Å². The van der Waals surface area contributed by atoms with Gasteiger partial charge < -0.3 is 69.3 Å². The van der Waals surface area contributed by atoms with E-state index in [-0.39, 0.29) is 28.4 Å². The molecule has 16 nitrogen and oxygen atoms in total. The second-order valence-electron chi connectivity index (χ2n) is 10.1. The Balaban J connectivity index is 1.58. The first-order chi connectivity index (χ1) is 20.3. The van der Waals surface area contributed by atoms with Crippen LogP contribution < -0.4 is 14.9 Å². The first-order valence-corrected chi connectivity index (χ1v) is 12.9. The number of aliphatic hydroxyl groups is 6. The highest BCUT2D eigenvalue weighted by molar-refractivity contribution is 5.88. The lowest BCUT2D eigenvalue weighted by molar-refractivity contribution is -0.271. The number of benzene rings is 2. The molecular formula is C27H28O16. The van der Waals surface area contributed by atoms with Gasteiger partial charge in [-0.05, 0) is 31.2 Å². The van der Waals surface area contributed by atoms with E-state index in [0.29, 0.717) is 0 Å². The number of hydrogen-bond acceptors (Lipinski definition) is 15. The molecule has 232 valence electrons. The number of rotatable bonds is 6. The zero-order valence-electron chi connectivity index (χ0n) is 22.1. The van der Waals surface area contributed by atoms with Gasteiger partial charge in [0.15, 0.2) is 11.9 Å². The molecule has 0 spiro atoms. The summed E-state index contributed by atoms with van der Waals surface area (Å²) < 4.78 is 27.6. The van der Waals surface area contributed by atoms with Gasteiger partial charge in [0.1, 0.15) is 64.8 Å². The number of fused-ring (bicyclic) bond motifs is 1. The second-order valence-corrected chi connectivity index (χ2v) is 10.1. The van der Waals surface area contributed by atoms with Crippen molar-refractivity contribution in [1.29, 1.82) is 0 Å². The molecule has 9 N–H and O–H groups in total. The van der Waals surface area contributed by atoms with Gasteiger partial charge in [-0.3, -0.25) is 4.79 Å². The van der Waals surface area contributed by atoms with Crippen molar-refractivity contribution in [3.05, 3.63) is 46.6 Å². The average molecular weight is 609 g/mol. The molecule has 2 aliphatic rings. The Morgan fingerprint density at radius 1 is 0.791 bits per heavy atom. The maximum absolute atomic E-state index is 13.7. The topological polar surface area (TPSA) is 266 Å². The van der Waals surface area contributed by atoms with Crippen LogP contribution in [0.15, 0.2) is 45.6 Å². The van der Waals surface area contributed by atoms with Crippen molar-refractivity contribution in [2.45, 2.75) is 68.3 Å². The van der Waals surface area contributed by atoms with Gasteiger partial charge in [0.05, 0.1) is 6.10 Å². The molecule has 2 aromatic carbocycles. The molecule has 0 aliphatic carbocycles. The number of phenolic OH excluding ortho intramolecular Hbond substituents is 2. The lowest BCUT2D eigenvalue weighted by Gasteiger charge is -2.38. The zero-order valence-corrected chi connectivity index (χ0v) is 22.1. The van der Waals surface area contributed by atoms with Crippen molar-refractivity contribution in [2.75, 3.05) is 0 Å². The average Bonchev–Trinajstić information content (AvgIpc) is 2.96. The van der Waals surface area contributed by atoms with E-state index in [1.54, 1.807) is 0 Å². The minimum absolute atomic E-state index is 0.127. The number of phenols is 2. The first-order valence-electron chi connectivity index (χ1n) is 12.9. The van der Waals surface area contributed by atoms with E-state index in [4.69, 9.17) is 23.4 Å². The summed E-state index contributed by atoms with van der Waals surface area (Å²) in [4.78, 5) is 25.1. The summed E-state index contributed by atoms with van der Waals surface area (Å²) in [5.41, 5.74) is -1.12. The molecular weight excluding hydrogens is 580 g/mol. The quantitative estimate of drug-likeness (QED) is 0.152.